The summed E-state index contributed by atoms with van der Waals surface area (Å²) in [6, 6.07) is 0. The molecule has 1 aromatic rings. The maximum absolute atomic E-state index is 11.6. The zero-order chi connectivity index (χ0) is 11.8. The SMILES string of the molecule is CCCC(CCBr)CNC(=O)c1cscn1. The molecule has 0 spiro atoms. The maximum atomic E-state index is 11.6. The van der Waals surface area contributed by atoms with Crippen molar-refractivity contribution in [2.75, 3.05) is 11.9 Å². The van der Waals surface area contributed by atoms with Crippen molar-refractivity contribution in [1.82, 2.24) is 10.3 Å². The molecule has 1 amide bonds. The van der Waals surface area contributed by atoms with Gasteiger partial charge in [-0.1, -0.05) is 29.3 Å². The number of halogens is 1. The van der Waals surface area contributed by atoms with Gasteiger partial charge in [0.15, 0.2) is 0 Å². The van der Waals surface area contributed by atoms with Crippen LogP contribution in [0.15, 0.2) is 10.9 Å². The molecule has 5 heteroatoms. The summed E-state index contributed by atoms with van der Waals surface area (Å²) in [4.78, 5) is 15.6. The summed E-state index contributed by atoms with van der Waals surface area (Å²) < 4.78 is 0. The predicted molar refractivity (Wildman–Crippen MR) is 71.3 cm³/mol. The summed E-state index contributed by atoms with van der Waals surface area (Å²) in [7, 11) is 0. The molecule has 0 aliphatic heterocycles. The van der Waals surface area contributed by atoms with Crippen LogP contribution in [0.3, 0.4) is 0 Å². The molecule has 1 N–H and O–H groups in total. The monoisotopic (exact) mass is 304 g/mol. The van der Waals surface area contributed by atoms with Gasteiger partial charge in [-0.15, -0.1) is 11.3 Å². The second kappa shape index (κ2) is 7.79. The van der Waals surface area contributed by atoms with Gasteiger partial charge in [0.05, 0.1) is 5.51 Å². The van der Waals surface area contributed by atoms with E-state index in [4.69, 9.17) is 0 Å². The molecule has 1 unspecified atom stereocenters. The van der Waals surface area contributed by atoms with E-state index in [1.54, 1.807) is 10.9 Å². The molecule has 90 valence electrons. The van der Waals surface area contributed by atoms with Gasteiger partial charge in [0.25, 0.3) is 5.91 Å². The Labute approximate surface area is 109 Å². The van der Waals surface area contributed by atoms with Crippen LogP contribution in [0.1, 0.15) is 36.7 Å². The molecule has 0 bridgehead atoms. The number of amides is 1. The Morgan fingerprint density at radius 2 is 2.44 bits per heavy atom. The summed E-state index contributed by atoms with van der Waals surface area (Å²) in [5, 5.41) is 5.70. The molecule has 16 heavy (non-hydrogen) atoms. The van der Waals surface area contributed by atoms with Gasteiger partial charge in [0, 0.05) is 17.3 Å². The lowest BCUT2D eigenvalue weighted by Gasteiger charge is -2.14. The van der Waals surface area contributed by atoms with Crippen LogP contribution in [0.2, 0.25) is 0 Å². The van der Waals surface area contributed by atoms with Gasteiger partial charge >= 0.3 is 0 Å². The van der Waals surface area contributed by atoms with Crippen LogP contribution in [-0.2, 0) is 0 Å². The average Bonchev–Trinajstić information content (AvgIpc) is 2.79. The van der Waals surface area contributed by atoms with Gasteiger partial charge in [-0.2, -0.15) is 0 Å². The molecule has 0 fully saturated rings. The third kappa shape index (κ3) is 4.61. The van der Waals surface area contributed by atoms with Gasteiger partial charge in [0.2, 0.25) is 0 Å². The molecule has 0 aliphatic rings. The lowest BCUT2D eigenvalue weighted by atomic mass is 10.0. The second-order valence-electron chi connectivity index (χ2n) is 3.72. The van der Waals surface area contributed by atoms with Gasteiger partial charge in [-0.05, 0) is 18.8 Å². The minimum Gasteiger partial charge on any atom is -0.350 e. The van der Waals surface area contributed by atoms with E-state index in [1.807, 2.05) is 0 Å². The van der Waals surface area contributed by atoms with Crippen LogP contribution in [-0.4, -0.2) is 22.8 Å². The van der Waals surface area contributed by atoms with Crippen molar-refractivity contribution in [3.8, 4) is 0 Å². The Balaban J connectivity index is 2.34. The number of hydrogen-bond donors (Lipinski definition) is 1. The fourth-order valence-electron chi connectivity index (χ4n) is 1.56. The van der Waals surface area contributed by atoms with Crippen molar-refractivity contribution < 1.29 is 4.79 Å². The smallest absolute Gasteiger partial charge is 0.270 e. The number of carbonyl (C=O) groups is 1. The summed E-state index contributed by atoms with van der Waals surface area (Å²) in [6.07, 6.45) is 3.42. The maximum Gasteiger partial charge on any atom is 0.270 e. The van der Waals surface area contributed by atoms with Gasteiger partial charge in [-0.3, -0.25) is 4.79 Å². The van der Waals surface area contributed by atoms with Crippen LogP contribution >= 0.6 is 27.3 Å². The third-order valence-electron chi connectivity index (χ3n) is 2.43. The van der Waals surface area contributed by atoms with E-state index in [2.05, 4.69) is 33.2 Å². The molecule has 0 saturated carbocycles. The third-order valence-corrected chi connectivity index (χ3v) is 3.47. The number of aromatic nitrogens is 1. The van der Waals surface area contributed by atoms with E-state index < -0.39 is 0 Å². The Bertz CT molecular complexity index is 297. The zero-order valence-electron chi connectivity index (χ0n) is 9.41. The lowest BCUT2D eigenvalue weighted by molar-refractivity contribution is 0.0941. The number of hydrogen-bond acceptors (Lipinski definition) is 3. The summed E-state index contributed by atoms with van der Waals surface area (Å²) >= 11 is 4.89. The predicted octanol–water partition coefficient (Wildman–Crippen LogP) is 3.07. The summed E-state index contributed by atoms with van der Waals surface area (Å²) in [6.45, 7) is 2.92. The topological polar surface area (TPSA) is 42.0 Å². The highest BCUT2D eigenvalue weighted by atomic mass is 79.9. The molecule has 0 aliphatic carbocycles. The number of thiazole rings is 1. The van der Waals surface area contributed by atoms with Crippen LogP contribution in [0.4, 0.5) is 0 Å². The van der Waals surface area contributed by atoms with E-state index in [1.165, 1.54) is 11.3 Å². The largest absolute Gasteiger partial charge is 0.350 e. The van der Waals surface area contributed by atoms with E-state index in [9.17, 15) is 4.79 Å². The van der Waals surface area contributed by atoms with E-state index >= 15 is 0 Å². The normalized spacial score (nSPS) is 12.4. The van der Waals surface area contributed by atoms with Crippen molar-refractivity contribution in [3.05, 3.63) is 16.6 Å². The Morgan fingerprint density at radius 1 is 1.62 bits per heavy atom. The van der Waals surface area contributed by atoms with Crippen LogP contribution in [0, 0.1) is 5.92 Å². The highest BCUT2D eigenvalue weighted by Crippen LogP contribution is 2.12. The second-order valence-corrected chi connectivity index (χ2v) is 5.23. The number of rotatable bonds is 7. The first-order chi connectivity index (χ1) is 7.77. The average molecular weight is 305 g/mol. The van der Waals surface area contributed by atoms with E-state index in [-0.39, 0.29) is 5.91 Å². The van der Waals surface area contributed by atoms with Crippen LogP contribution in [0.5, 0.6) is 0 Å². The zero-order valence-corrected chi connectivity index (χ0v) is 11.8. The van der Waals surface area contributed by atoms with Crippen LogP contribution in [0.25, 0.3) is 0 Å². The Hall–Kier alpha value is -0.420. The summed E-state index contributed by atoms with van der Waals surface area (Å²) in [5.74, 6) is 0.504. The molecule has 0 radical (unpaired) electrons. The molecule has 1 rings (SSSR count). The van der Waals surface area contributed by atoms with Gasteiger partial charge in [-0.25, -0.2) is 4.98 Å². The molecular weight excluding hydrogens is 288 g/mol. The highest BCUT2D eigenvalue weighted by Gasteiger charge is 2.11. The highest BCUT2D eigenvalue weighted by molar-refractivity contribution is 9.09. The minimum absolute atomic E-state index is 0.0584. The van der Waals surface area contributed by atoms with Crippen LogP contribution < -0.4 is 5.32 Å². The lowest BCUT2D eigenvalue weighted by Crippen LogP contribution is -2.29. The van der Waals surface area contributed by atoms with Gasteiger partial charge < -0.3 is 5.32 Å². The summed E-state index contributed by atoms with van der Waals surface area (Å²) in [5.41, 5.74) is 2.20. The molecule has 1 atom stereocenters. The number of carbonyl (C=O) groups excluding carboxylic acids is 1. The Kier molecular flexibility index (Phi) is 6.64. The number of nitrogens with zero attached hydrogens (tertiary/aromatic N) is 1. The molecule has 0 aromatic carbocycles. The molecule has 1 heterocycles. The van der Waals surface area contributed by atoms with E-state index in [0.717, 1.165) is 31.1 Å². The molecular formula is C11H17BrN2OS. The number of alkyl halides is 1. The quantitative estimate of drug-likeness (QED) is 0.787. The Morgan fingerprint density at radius 3 is 3.00 bits per heavy atom. The molecule has 3 nitrogen and oxygen atoms in total. The number of nitrogens with one attached hydrogen (secondary N) is 1. The van der Waals surface area contributed by atoms with E-state index in [0.29, 0.717) is 11.6 Å². The standard InChI is InChI=1S/C11H17BrN2OS/c1-2-3-9(4-5-12)6-13-11(15)10-7-16-8-14-10/h7-9H,2-6H2,1H3,(H,13,15). The molecule has 1 aromatic heterocycles. The fourth-order valence-corrected chi connectivity index (χ4v) is 2.74. The molecule has 0 saturated heterocycles. The fraction of sp³-hybridized carbons (Fsp3) is 0.636. The van der Waals surface area contributed by atoms with Crippen molar-refractivity contribution >= 4 is 33.2 Å². The van der Waals surface area contributed by atoms with Crippen molar-refractivity contribution in [2.24, 2.45) is 5.92 Å². The first kappa shape index (κ1) is 13.6. The van der Waals surface area contributed by atoms with Crippen molar-refractivity contribution in [1.29, 1.82) is 0 Å². The van der Waals surface area contributed by atoms with Crippen molar-refractivity contribution in [2.45, 2.75) is 26.2 Å². The first-order valence-corrected chi connectivity index (χ1v) is 7.56. The minimum atomic E-state index is -0.0584. The van der Waals surface area contributed by atoms with Gasteiger partial charge in [0.1, 0.15) is 5.69 Å². The van der Waals surface area contributed by atoms with Crippen molar-refractivity contribution in [3.63, 3.8) is 0 Å². The first-order valence-electron chi connectivity index (χ1n) is 5.50.